The van der Waals surface area contributed by atoms with Gasteiger partial charge in [0.2, 0.25) is 0 Å². The predicted octanol–water partition coefficient (Wildman–Crippen LogP) is 2.07. The molecule has 0 aliphatic heterocycles. The van der Waals surface area contributed by atoms with E-state index in [1.807, 2.05) is 24.4 Å². The molecule has 0 fully saturated rings. The van der Waals surface area contributed by atoms with Crippen molar-refractivity contribution in [2.75, 3.05) is 20.1 Å². The smallest absolute Gasteiger partial charge is 0.317 e. The van der Waals surface area contributed by atoms with Crippen LogP contribution in [0, 0.1) is 5.92 Å². The monoisotopic (exact) mass is 303 g/mol. The highest BCUT2D eigenvalue weighted by Crippen LogP contribution is 2.14. The second-order valence-electron chi connectivity index (χ2n) is 5.50. The summed E-state index contributed by atoms with van der Waals surface area (Å²) in [6.45, 7) is 2.29. The zero-order chi connectivity index (χ0) is 16.1. The second-order valence-corrected chi connectivity index (χ2v) is 5.50. The van der Waals surface area contributed by atoms with E-state index in [0.717, 1.165) is 22.9 Å². The molecule has 3 N–H and O–H groups in total. The van der Waals surface area contributed by atoms with Gasteiger partial charge in [0.1, 0.15) is 0 Å². The molecule has 0 spiro atoms. The third-order valence-electron chi connectivity index (χ3n) is 3.62. The van der Waals surface area contributed by atoms with Crippen LogP contribution in [0.4, 0.5) is 4.79 Å². The molecule has 6 heteroatoms. The van der Waals surface area contributed by atoms with Gasteiger partial charge in [-0.3, -0.25) is 4.79 Å². The van der Waals surface area contributed by atoms with Crippen LogP contribution in [0.15, 0.2) is 30.5 Å². The molecule has 0 saturated carbocycles. The van der Waals surface area contributed by atoms with E-state index in [-0.39, 0.29) is 12.6 Å². The van der Waals surface area contributed by atoms with Gasteiger partial charge in [-0.15, -0.1) is 0 Å². The minimum absolute atomic E-state index is 0.191. The highest BCUT2D eigenvalue weighted by Gasteiger charge is 2.16. The molecule has 1 aromatic heterocycles. The summed E-state index contributed by atoms with van der Waals surface area (Å²) in [5, 5.41) is 12.8. The van der Waals surface area contributed by atoms with Crippen LogP contribution in [0.1, 0.15) is 12.5 Å². The number of aromatic amines is 1. The average molecular weight is 303 g/mol. The van der Waals surface area contributed by atoms with Gasteiger partial charge in [0.05, 0.1) is 5.92 Å². The molecule has 2 rings (SSSR count). The maximum Gasteiger partial charge on any atom is 0.317 e. The SMILES string of the molecule is CC(CN(C)C(=O)NCCc1ccc2[nH]ccc2c1)C(=O)O. The number of carbonyl (C=O) groups excluding carboxylic acids is 1. The molecule has 118 valence electrons. The number of amides is 2. The molecular formula is C16H21N3O3. The lowest BCUT2D eigenvalue weighted by atomic mass is 10.1. The molecule has 1 heterocycles. The zero-order valence-electron chi connectivity index (χ0n) is 12.8. The predicted molar refractivity (Wildman–Crippen MR) is 84.8 cm³/mol. The van der Waals surface area contributed by atoms with E-state index in [0.29, 0.717) is 6.54 Å². The topological polar surface area (TPSA) is 85.4 Å². The Morgan fingerprint density at radius 2 is 2.14 bits per heavy atom. The van der Waals surface area contributed by atoms with Crippen molar-refractivity contribution in [1.29, 1.82) is 0 Å². The highest BCUT2D eigenvalue weighted by atomic mass is 16.4. The van der Waals surface area contributed by atoms with E-state index >= 15 is 0 Å². The van der Waals surface area contributed by atoms with Gasteiger partial charge < -0.3 is 20.3 Å². The van der Waals surface area contributed by atoms with E-state index in [9.17, 15) is 9.59 Å². The van der Waals surface area contributed by atoms with Crippen LogP contribution in [0.3, 0.4) is 0 Å². The molecule has 2 aromatic rings. The molecule has 0 aliphatic carbocycles. The van der Waals surface area contributed by atoms with Crippen molar-refractivity contribution in [1.82, 2.24) is 15.2 Å². The Bertz CT molecular complexity index is 665. The number of aromatic nitrogens is 1. The Kier molecular flexibility index (Phi) is 5.04. The van der Waals surface area contributed by atoms with E-state index in [1.54, 1.807) is 14.0 Å². The van der Waals surface area contributed by atoms with Crippen molar-refractivity contribution < 1.29 is 14.7 Å². The third-order valence-corrected chi connectivity index (χ3v) is 3.62. The minimum atomic E-state index is -0.903. The number of nitrogens with one attached hydrogen (secondary N) is 2. The number of nitrogens with zero attached hydrogens (tertiary/aromatic N) is 1. The van der Waals surface area contributed by atoms with E-state index in [4.69, 9.17) is 5.11 Å². The third kappa shape index (κ3) is 4.00. The summed E-state index contributed by atoms with van der Waals surface area (Å²) in [7, 11) is 1.60. The maximum atomic E-state index is 11.9. The summed E-state index contributed by atoms with van der Waals surface area (Å²) >= 11 is 0. The number of carboxylic acids is 1. The molecule has 2 amide bonds. The van der Waals surface area contributed by atoms with Crippen molar-refractivity contribution in [2.24, 2.45) is 5.92 Å². The van der Waals surface area contributed by atoms with Crippen LogP contribution in [-0.4, -0.2) is 47.1 Å². The molecule has 1 aromatic carbocycles. The molecule has 0 aliphatic rings. The van der Waals surface area contributed by atoms with Gasteiger partial charge in [0, 0.05) is 31.9 Å². The number of rotatable bonds is 6. The van der Waals surface area contributed by atoms with Crippen LogP contribution in [0.25, 0.3) is 10.9 Å². The summed E-state index contributed by atoms with van der Waals surface area (Å²) in [6, 6.07) is 7.90. The van der Waals surface area contributed by atoms with Crippen molar-refractivity contribution in [3.63, 3.8) is 0 Å². The molecule has 0 radical (unpaired) electrons. The first kappa shape index (κ1) is 15.9. The minimum Gasteiger partial charge on any atom is -0.481 e. The molecular weight excluding hydrogens is 282 g/mol. The van der Waals surface area contributed by atoms with Crippen LogP contribution in [-0.2, 0) is 11.2 Å². The summed E-state index contributed by atoms with van der Waals surface area (Å²) in [5.74, 6) is -1.48. The van der Waals surface area contributed by atoms with Crippen molar-refractivity contribution >= 4 is 22.9 Å². The number of hydrogen-bond acceptors (Lipinski definition) is 2. The number of benzene rings is 1. The number of carbonyl (C=O) groups is 2. The highest BCUT2D eigenvalue weighted by molar-refractivity contribution is 5.80. The van der Waals surface area contributed by atoms with Crippen LogP contribution < -0.4 is 5.32 Å². The van der Waals surface area contributed by atoms with E-state index in [2.05, 4.69) is 16.4 Å². The van der Waals surface area contributed by atoms with Gasteiger partial charge in [0.15, 0.2) is 0 Å². The van der Waals surface area contributed by atoms with Crippen LogP contribution >= 0.6 is 0 Å². The van der Waals surface area contributed by atoms with Crippen molar-refractivity contribution in [3.8, 4) is 0 Å². The Morgan fingerprint density at radius 1 is 1.36 bits per heavy atom. The fraction of sp³-hybridized carbons (Fsp3) is 0.375. The fourth-order valence-corrected chi connectivity index (χ4v) is 2.28. The number of carboxylic acid groups (broad SMARTS) is 1. The number of urea groups is 1. The summed E-state index contributed by atoms with van der Waals surface area (Å²) in [4.78, 5) is 27.2. The molecule has 6 nitrogen and oxygen atoms in total. The molecule has 0 bridgehead atoms. The number of H-pyrrole nitrogens is 1. The normalized spacial score (nSPS) is 12.1. The van der Waals surface area contributed by atoms with Gasteiger partial charge in [-0.2, -0.15) is 0 Å². The van der Waals surface area contributed by atoms with E-state index < -0.39 is 11.9 Å². The van der Waals surface area contributed by atoms with Crippen LogP contribution in [0.5, 0.6) is 0 Å². The Hall–Kier alpha value is -2.50. The molecule has 1 atom stereocenters. The Morgan fingerprint density at radius 3 is 2.86 bits per heavy atom. The standard InChI is InChI=1S/C16H21N3O3/c1-11(15(20)21)10-19(2)16(22)18-7-5-12-3-4-14-13(9-12)6-8-17-14/h3-4,6,8-9,11,17H,5,7,10H2,1-2H3,(H,18,22)(H,20,21). The summed E-state index contributed by atoms with van der Waals surface area (Å²) in [6.07, 6.45) is 2.63. The van der Waals surface area contributed by atoms with Gasteiger partial charge in [0.25, 0.3) is 0 Å². The second kappa shape index (κ2) is 6.98. The first-order chi connectivity index (χ1) is 10.5. The lowest BCUT2D eigenvalue weighted by Crippen LogP contribution is -2.41. The summed E-state index contributed by atoms with van der Waals surface area (Å²) in [5.41, 5.74) is 2.24. The number of fused-ring (bicyclic) bond motifs is 1. The van der Waals surface area contributed by atoms with Gasteiger partial charge in [-0.1, -0.05) is 13.0 Å². The Balaban J connectivity index is 1.79. The van der Waals surface area contributed by atoms with Gasteiger partial charge in [-0.05, 0) is 35.6 Å². The zero-order valence-corrected chi connectivity index (χ0v) is 12.8. The Labute approximate surface area is 129 Å². The van der Waals surface area contributed by atoms with Crippen molar-refractivity contribution in [3.05, 3.63) is 36.0 Å². The van der Waals surface area contributed by atoms with E-state index in [1.165, 1.54) is 4.90 Å². The van der Waals surface area contributed by atoms with Gasteiger partial charge >= 0.3 is 12.0 Å². The first-order valence-corrected chi connectivity index (χ1v) is 7.25. The molecule has 0 saturated heterocycles. The van der Waals surface area contributed by atoms with Crippen LogP contribution in [0.2, 0.25) is 0 Å². The maximum absolute atomic E-state index is 11.9. The van der Waals surface area contributed by atoms with Gasteiger partial charge in [-0.25, -0.2) is 4.79 Å². The van der Waals surface area contributed by atoms with Crippen molar-refractivity contribution in [2.45, 2.75) is 13.3 Å². The fourth-order valence-electron chi connectivity index (χ4n) is 2.28. The lowest BCUT2D eigenvalue weighted by molar-refractivity contribution is -0.141. The average Bonchev–Trinajstić information content (AvgIpc) is 2.94. The molecule has 1 unspecified atom stereocenters. The first-order valence-electron chi connectivity index (χ1n) is 7.25. The number of aliphatic carboxylic acids is 1. The summed E-state index contributed by atoms with van der Waals surface area (Å²) < 4.78 is 0. The number of hydrogen-bond donors (Lipinski definition) is 3. The molecule has 22 heavy (non-hydrogen) atoms. The largest absolute Gasteiger partial charge is 0.481 e. The lowest BCUT2D eigenvalue weighted by Gasteiger charge is -2.20. The quantitative estimate of drug-likeness (QED) is 0.763.